The van der Waals surface area contributed by atoms with Crippen LogP contribution in [0, 0.1) is 0 Å². The lowest BCUT2D eigenvalue weighted by Crippen LogP contribution is -2.25. The van der Waals surface area contributed by atoms with Crippen molar-refractivity contribution < 1.29 is 4.79 Å². The van der Waals surface area contributed by atoms with Gasteiger partial charge in [-0.05, 0) is 54.3 Å². The van der Waals surface area contributed by atoms with Gasteiger partial charge in [0.05, 0.1) is 23.8 Å². The van der Waals surface area contributed by atoms with Gasteiger partial charge in [0.2, 0.25) is 0 Å². The summed E-state index contributed by atoms with van der Waals surface area (Å²) >= 11 is 7.81. The van der Waals surface area contributed by atoms with Crippen LogP contribution < -0.4 is 5.32 Å². The highest BCUT2D eigenvalue weighted by Gasteiger charge is 2.23. The van der Waals surface area contributed by atoms with E-state index in [1.807, 2.05) is 54.7 Å². The maximum Gasteiger partial charge on any atom is 0.251 e. The van der Waals surface area contributed by atoms with Crippen molar-refractivity contribution in [1.82, 2.24) is 19.9 Å². The van der Waals surface area contributed by atoms with E-state index in [9.17, 15) is 4.79 Å². The number of nitrogens with one attached hydrogen (secondary N) is 1. The van der Waals surface area contributed by atoms with Gasteiger partial charge in [-0.15, -0.1) is 0 Å². The molecule has 1 aliphatic rings. The van der Waals surface area contributed by atoms with E-state index in [-0.39, 0.29) is 5.91 Å². The fourth-order valence-electron chi connectivity index (χ4n) is 3.43. The third kappa shape index (κ3) is 4.75. The third-order valence-electron chi connectivity index (χ3n) is 5.24. The molecule has 1 N–H and O–H groups in total. The van der Waals surface area contributed by atoms with Crippen molar-refractivity contribution in [3.05, 3.63) is 88.7 Å². The van der Waals surface area contributed by atoms with Crippen LogP contribution in [0.15, 0.2) is 72.1 Å². The molecule has 2 aromatic carbocycles. The molecule has 2 heterocycles. The van der Waals surface area contributed by atoms with E-state index in [2.05, 4.69) is 20.9 Å². The number of fused-ring (bicyclic) bond motifs is 1. The Morgan fingerprint density at radius 1 is 1.13 bits per heavy atom. The Labute approximate surface area is 189 Å². The number of benzene rings is 2. The Balaban J connectivity index is 1.37. The van der Waals surface area contributed by atoms with Crippen LogP contribution in [-0.2, 0) is 12.3 Å². The Morgan fingerprint density at radius 3 is 2.74 bits per heavy atom. The number of pyridine rings is 1. The first-order chi connectivity index (χ1) is 15.2. The van der Waals surface area contributed by atoms with E-state index in [0.29, 0.717) is 18.2 Å². The first-order valence-corrected chi connectivity index (χ1v) is 11.6. The molecule has 5 nitrogen and oxygen atoms in total. The molecule has 1 saturated carbocycles. The normalized spacial score (nSPS) is 13.5. The van der Waals surface area contributed by atoms with Crippen LogP contribution in [-0.4, -0.2) is 26.5 Å². The highest BCUT2D eigenvalue weighted by molar-refractivity contribution is 7.98. The van der Waals surface area contributed by atoms with Gasteiger partial charge in [-0.3, -0.25) is 9.78 Å². The van der Waals surface area contributed by atoms with Gasteiger partial charge in [0.1, 0.15) is 0 Å². The minimum absolute atomic E-state index is 0.00379. The number of hydrogen-bond acceptors (Lipinski definition) is 4. The van der Waals surface area contributed by atoms with Gasteiger partial charge in [-0.1, -0.05) is 47.6 Å². The van der Waals surface area contributed by atoms with Crippen molar-refractivity contribution in [3.63, 3.8) is 0 Å². The summed E-state index contributed by atoms with van der Waals surface area (Å²) in [6.07, 6.45) is 5.78. The predicted molar refractivity (Wildman–Crippen MR) is 125 cm³/mol. The molecule has 31 heavy (non-hydrogen) atoms. The van der Waals surface area contributed by atoms with Gasteiger partial charge in [-0.25, -0.2) is 4.98 Å². The van der Waals surface area contributed by atoms with Gasteiger partial charge in [-0.2, -0.15) is 0 Å². The lowest BCUT2D eigenvalue weighted by molar-refractivity contribution is 0.0951. The number of halogens is 1. The van der Waals surface area contributed by atoms with E-state index >= 15 is 0 Å². The summed E-state index contributed by atoms with van der Waals surface area (Å²) in [5.41, 5.74) is 4.87. The van der Waals surface area contributed by atoms with Crippen molar-refractivity contribution in [1.29, 1.82) is 0 Å². The minimum atomic E-state index is 0.00379. The Kier molecular flexibility index (Phi) is 5.66. The molecule has 156 valence electrons. The summed E-state index contributed by atoms with van der Waals surface area (Å²) in [5.74, 6) is 0.779. The third-order valence-corrected chi connectivity index (χ3v) is 6.52. The summed E-state index contributed by atoms with van der Waals surface area (Å²) in [6.45, 7) is 0.657. The zero-order chi connectivity index (χ0) is 21.2. The molecular weight excluding hydrogens is 428 g/mol. The van der Waals surface area contributed by atoms with Crippen molar-refractivity contribution >= 4 is 40.3 Å². The predicted octanol–water partition coefficient (Wildman–Crippen LogP) is 5.32. The highest BCUT2D eigenvalue weighted by atomic mass is 35.5. The van der Waals surface area contributed by atoms with Crippen LogP contribution in [0.1, 0.15) is 34.3 Å². The number of nitrogens with zero attached hydrogens (tertiary/aromatic N) is 3. The van der Waals surface area contributed by atoms with Crippen LogP contribution in [0.4, 0.5) is 0 Å². The zero-order valence-corrected chi connectivity index (χ0v) is 18.4. The molecule has 4 aromatic rings. The zero-order valence-electron chi connectivity index (χ0n) is 16.8. The topological polar surface area (TPSA) is 59.8 Å². The number of rotatable bonds is 7. The average molecular weight is 449 g/mol. The maximum atomic E-state index is 12.2. The first kappa shape index (κ1) is 20.1. The second-order valence-corrected chi connectivity index (χ2v) is 9.09. The number of aromatic nitrogens is 3. The second-order valence-electron chi connectivity index (χ2n) is 7.71. The molecule has 0 aliphatic heterocycles. The lowest BCUT2D eigenvalue weighted by atomic mass is 10.1. The monoisotopic (exact) mass is 448 g/mol. The van der Waals surface area contributed by atoms with E-state index in [0.717, 1.165) is 50.9 Å². The van der Waals surface area contributed by atoms with Crippen molar-refractivity contribution in [2.24, 2.45) is 0 Å². The standard InChI is InChI=1S/C24H21ClN4OS/c25-19-3-1-2-17(12-19)15-31-24-28-21-10-11-26-13-22(21)29(24)14-16-4-6-18(7-5-16)23(30)27-20-8-9-20/h1-7,10-13,20H,8-9,14-15H2,(H,27,30). The van der Waals surface area contributed by atoms with E-state index in [4.69, 9.17) is 16.6 Å². The fourth-order valence-corrected chi connectivity index (χ4v) is 4.60. The Bertz CT molecular complexity index is 1230. The molecule has 7 heteroatoms. The van der Waals surface area contributed by atoms with Crippen LogP contribution in [0.3, 0.4) is 0 Å². The van der Waals surface area contributed by atoms with E-state index in [1.165, 1.54) is 0 Å². The SMILES string of the molecule is O=C(NC1CC1)c1ccc(Cn2c(SCc3cccc(Cl)c3)nc3ccncc32)cc1. The van der Waals surface area contributed by atoms with Crippen LogP contribution in [0.25, 0.3) is 11.0 Å². The smallest absolute Gasteiger partial charge is 0.251 e. The van der Waals surface area contributed by atoms with Gasteiger partial charge in [0.15, 0.2) is 5.16 Å². The van der Waals surface area contributed by atoms with Gasteiger partial charge >= 0.3 is 0 Å². The average Bonchev–Trinajstić information content (AvgIpc) is 3.53. The van der Waals surface area contributed by atoms with Crippen LogP contribution in [0.2, 0.25) is 5.02 Å². The quantitative estimate of drug-likeness (QED) is 0.389. The summed E-state index contributed by atoms with van der Waals surface area (Å²) < 4.78 is 2.18. The molecule has 0 unspecified atom stereocenters. The molecule has 1 aliphatic carbocycles. The molecule has 0 radical (unpaired) electrons. The molecule has 1 fully saturated rings. The van der Waals surface area contributed by atoms with Crippen molar-refractivity contribution in [3.8, 4) is 0 Å². The van der Waals surface area contributed by atoms with Gasteiger partial charge in [0.25, 0.3) is 5.91 Å². The molecular formula is C24H21ClN4OS. The molecule has 0 atom stereocenters. The lowest BCUT2D eigenvalue weighted by Gasteiger charge is -2.10. The number of amides is 1. The minimum Gasteiger partial charge on any atom is -0.349 e. The van der Waals surface area contributed by atoms with Gasteiger partial charge < -0.3 is 9.88 Å². The molecule has 5 rings (SSSR count). The summed E-state index contributed by atoms with van der Waals surface area (Å²) in [6, 6.07) is 18.0. The van der Waals surface area contributed by atoms with E-state index < -0.39 is 0 Å². The maximum absolute atomic E-state index is 12.2. The molecule has 0 spiro atoms. The summed E-state index contributed by atoms with van der Waals surface area (Å²) in [7, 11) is 0. The van der Waals surface area contributed by atoms with Crippen LogP contribution in [0.5, 0.6) is 0 Å². The molecule has 0 bridgehead atoms. The fraction of sp³-hybridized carbons (Fsp3) is 0.208. The molecule has 0 saturated heterocycles. The number of carbonyl (C=O) groups excluding carboxylic acids is 1. The Morgan fingerprint density at radius 2 is 1.97 bits per heavy atom. The number of imidazole rings is 1. The van der Waals surface area contributed by atoms with Crippen molar-refractivity contribution in [2.75, 3.05) is 0 Å². The van der Waals surface area contributed by atoms with Gasteiger partial charge in [0, 0.05) is 28.6 Å². The first-order valence-electron chi connectivity index (χ1n) is 10.2. The molecule has 1 amide bonds. The highest BCUT2D eigenvalue weighted by Crippen LogP contribution is 2.28. The molecule has 2 aromatic heterocycles. The number of carbonyl (C=O) groups is 1. The largest absolute Gasteiger partial charge is 0.349 e. The van der Waals surface area contributed by atoms with E-state index in [1.54, 1.807) is 18.0 Å². The number of hydrogen-bond donors (Lipinski definition) is 1. The summed E-state index contributed by atoms with van der Waals surface area (Å²) in [5, 5.41) is 4.70. The van der Waals surface area contributed by atoms with Crippen molar-refractivity contribution in [2.45, 2.75) is 36.3 Å². The second kappa shape index (κ2) is 8.73. The number of thioether (sulfide) groups is 1. The summed E-state index contributed by atoms with van der Waals surface area (Å²) in [4.78, 5) is 21.4. The van der Waals surface area contributed by atoms with Crippen LogP contribution >= 0.6 is 23.4 Å². The Hall–Kier alpha value is -2.83.